The van der Waals surface area contributed by atoms with Crippen LogP contribution < -0.4 is 5.32 Å². The van der Waals surface area contributed by atoms with Gasteiger partial charge >= 0.3 is 6.18 Å². The molecule has 0 aromatic carbocycles. The Hall–Kier alpha value is -0.970. The second-order valence-corrected chi connectivity index (χ2v) is 3.17. The standard InChI is InChI=1S/C9H12F3NO/c1-6-3-4-8(14-6)7(2)13-5-9(10,11)12/h3-4,7,13H,5H2,1-2H3/t7-/m1/s1. The molecular weight excluding hydrogens is 195 g/mol. The Morgan fingerprint density at radius 1 is 1.43 bits per heavy atom. The van der Waals surface area contributed by atoms with Gasteiger partial charge in [0.15, 0.2) is 0 Å². The van der Waals surface area contributed by atoms with E-state index in [-0.39, 0.29) is 0 Å². The van der Waals surface area contributed by atoms with Crippen molar-refractivity contribution in [3.63, 3.8) is 0 Å². The molecule has 1 aromatic rings. The molecule has 0 aliphatic rings. The minimum Gasteiger partial charge on any atom is -0.465 e. The van der Waals surface area contributed by atoms with Crippen LogP contribution in [0.15, 0.2) is 16.5 Å². The van der Waals surface area contributed by atoms with Gasteiger partial charge in [0.2, 0.25) is 0 Å². The van der Waals surface area contributed by atoms with Crippen molar-refractivity contribution in [1.29, 1.82) is 0 Å². The molecule has 0 radical (unpaired) electrons. The van der Waals surface area contributed by atoms with E-state index in [2.05, 4.69) is 5.32 Å². The number of furan rings is 1. The zero-order valence-corrected chi connectivity index (χ0v) is 7.98. The molecule has 0 spiro atoms. The molecule has 0 bridgehead atoms. The number of hydrogen-bond donors (Lipinski definition) is 1. The number of halogens is 3. The Morgan fingerprint density at radius 3 is 2.50 bits per heavy atom. The highest BCUT2D eigenvalue weighted by atomic mass is 19.4. The quantitative estimate of drug-likeness (QED) is 0.824. The Morgan fingerprint density at radius 2 is 2.07 bits per heavy atom. The first kappa shape index (κ1) is 11.1. The summed E-state index contributed by atoms with van der Waals surface area (Å²) >= 11 is 0. The van der Waals surface area contributed by atoms with Gasteiger partial charge in [0.05, 0.1) is 12.6 Å². The molecule has 0 aliphatic carbocycles. The molecule has 80 valence electrons. The SMILES string of the molecule is Cc1ccc([C@@H](C)NCC(F)(F)F)o1. The van der Waals surface area contributed by atoms with Crippen LogP contribution in [0.4, 0.5) is 13.2 Å². The van der Waals surface area contributed by atoms with Crippen LogP contribution in [0.2, 0.25) is 0 Å². The van der Waals surface area contributed by atoms with Crippen molar-refractivity contribution in [2.24, 2.45) is 0 Å². The minimum absolute atomic E-state index is 0.426. The lowest BCUT2D eigenvalue weighted by molar-refractivity contribution is -0.126. The van der Waals surface area contributed by atoms with Crippen molar-refractivity contribution >= 4 is 0 Å². The summed E-state index contributed by atoms with van der Waals surface area (Å²) in [5.41, 5.74) is 0. The predicted molar refractivity (Wildman–Crippen MR) is 45.9 cm³/mol. The molecule has 1 N–H and O–H groups in total. The van der Waals surface area contributed by atoms with Gasteiger partial charge in [-0.1, -0.05) is 0 Å². The van der Waals surface area contributed by atoms with Crippen molar-refractivity contribution in [2.75, 3.05) is 6.54 Å². The van der Waals surface area contributed by atoms with Gasteiger partial charge in [-0.25, -0.2) is 0 Å². The zero-order valence-electron chi connectivity index (χ0n) is 7.98. The summed E-state index contributed by atoms with van der Waals surface area (Å²) < 4.78 is 40.7. The van der Waals surface area contributed by atoms with Crippen LogP contribution >= 0.6 is 0 Å². The van der Waals surface area contributed by atoms with Gasteiger partial charge in [0.1, 0.15) is 11.5 Å². The van der Waals surface area contributed by atoms with Crippen LogP contribution in [0.3, 0.4) is 0 Å². The van der Waals surface area contributed by atoms with Gasteiger partial charge in [-0.05, 0) is 26.0 Å². The topological polar surface area (TPSA) is 25.2 Å². The maximum Gasteiger partial charge on any atom is 0.401 e. The Bertz CT molecular complexity index is 292. The van der Waals surface area contributed by atoms with Gasteiger partial charge in [-0.2, -0.15) is 13.2 Å². The number of aryl methyl sites for hydroxylation is 1. The third kappa shape index (κ3) is 3.41. The fraction of sp³-hybridized carbons (Fsp3) is 0.556. The molecule has 1 heterocycles. The van der Waals surface area contributed by atoms with E-state index in [4.69, 9.17) is 4.42 Å². The monoisotopic (exact) mass is 207 g/mol. The molecule has 0 fully saturated rings. The van der Waals surface area contributed by atoms with Crippen LogP contribution in [-0.2, 0) is 0 Å². The molecular formula is C9H12F3NO. The van der Waals surface area contributed by atoms with Crippen LogP contribution in [0, 0.1) is 6.92 Å². The van der Waals surface area contributed by atoms with Crippen LogP contribution in [0.5, 0.6) is 0 Å². The van der Waals surface area contributed by atoms with Gasteiger partial charge in [0.25, 0.3) is 0 Å². The fourth-order valence-electron chi connectivity index (χ4n) is 1.06. The lowest BCUT2D eigenvalue weighted by atomic mass is 10.2. The molecule has 5 heteroatoms. The van der Waals surface area contributed by atoms with Crippen LogP contribution in [-0.4, -0.2) is 12.7 Å². The molecule has 1 rings (SSSR count). The molecule has 0 saturated carbocycles. The van der Waals surface area contributed by atoms with E-state index in [1.807, 2.05) is 0 Å². The zero-order chi connectivity index (χ0) is 10.8. The summed E-state index contributed by atoms with van der Waals surface area (Å²) in [6.45, 7) is 2.37. The minimum atomic E-state index is -4.18. The van der Waals surface area contributed by atoms with Crippen LogP contribution in [0.1, 0.15) is 24.5 Å². The maximum absolute atomic E-state index is 11.8. The summed E-state index contributed by atoms with van der Waals surface area (Å²) in [6.07, 6.45) is -4.18. The maximum atomic E-state index is 11.8. The first-order valence-corrected chi connectivity index (χ1v) is 4.25. The second-order valence-electron chi connectivity index (χ2n) is 3.17. The predicted octanol–water partition coefficient (Wildman–Crippen LogP) is 2.80. The number of alkyl halides is 3. The fourth-order valence-corrected chi connectivity index (χ4v) is 1.06. The van der Waals surface area contributed by atoms with Crippen molar-refractivity contribution in [2.45, 2.75) is 26.1 Å². The Kier molecular flexibility index (Phi) is 3.21. The normalized spacial score (nSPS) is 14.4. The highest BCUT2D eigenvalue weighted by molar-refractivity contribution is 5.08. The van der Waals surface area contributed by atoms with Gasteiger partial charge in [-0.3, -0.25) is 5.32 Å². The van der Waals surface area contributed by atoms with Crippen molar-refractivity contribution in [3.8, 4) is 0 Å². The molecule has 1 aromatic heterocycles. The highest BCUT2D eigenvalue weighted by Crippen LogP contribution is 2.18. The van der Waals surface area contributed by atoms with Crippen molar-refractivity contribution in [1.82, 2.24) is 5.32 Å². The highest BCUT2D eigenvalue weighted by Gasteiger charge is 2.27. The molecule has 0 aliphatic heterocycles. The summed E-state index contributed by atoms with van der Waals surface area (Å²) in [4.78, 5) is 0. The smallest absolute Gasteiger partial charge is 0.401 e. The third-order valence-corrected chi connectivity index (χ3v) is 1.80. The summed E-state index contributed by atoms with van der Waals surface area (Å²) in [5, 5.41) is 2.33. The second kappa shape index (κ2) is 4.04. The molecule has 0 saturated heterocycles. The average Bonchev–Trinajstić information content (AvgIpc) is 2.46. The molecule has 2 nitrogen and oxygen atoms in total. The van der Waals surface area contributed by atoms with E-state index >= 15 is 0 Å². The number of hydrogen-bond acceptors (Lipinski definition) is 2. The van der Waals surface area contributed by atoms with Gasteiger partial charge in [0, 0.05) is 0 Å². The lowest BCUT2D eigenvalue weighted by Crippen LogP contribution is -2.30. The van der Waals surface area contributed by atoms with Gasteiger partial charge < -0.3 is 4.42 Å². The van der Waals surface area contributed by atoms with Gasteiger partial charge in [-0.15, -0.1) is 0 Å². The van der Waals surface area contributed by atoms with E-state index in [1.165, 1.54) is 0 Å². The summed E-state index contributed by atoms with van der Waals surface area (Å²) in [7, 11) is 0. The largest absolute Gasteiger partial charge is 0.465 e. The summed E-state index contributed by atoms with van der Waals surface area (Å²) in [5.74, 6) is 1.22. The first-order chi connectivity index (χ1) is 6.38. The Labute approximate surface area is 80.1 Å². The van der Waals surface area contributed by atoms with Crippen molar-refractivity contribution < 1.29 is 17.6 Å². The van der Waals surface area contributed by atoms with E-state index < -0.39 is 18.8 Å². The molecule has 0 amide bonds. The average molecular weight is 207 g/mol. The van der Waals surface area contributed by atoms with E-state index in [9.17, 15) is 13.2 Å². The third-order valence-electron chi connectivity index (χ3n) is 1.80. The molecule has 0 unspecified atom stereocenters. The number of nitrogens with one attached hydrogen (secondary N) is 1. The van der Waals surface area contributed by atoms with E-state index in [0.717, 1.165) is 0 Å². The summed E-state index contributed by atoms with van der Waals surface area (Å²) in [6, 6.07) is 2.97. The van der Waals surface area contributed by atoms with E-state index in [0.29, 0.717) is 11.5 Å². The van der Waals surface area contributed by atoms with Crippen molar-refractivity contribution in [3.05, 3.63) is 23.7 Å². The van der Waals surface area contributed by atoms with E-state index in [1.54, 1.807) is 26.0 Å². The number of rotatable bonds is 3. The first-order valence-electron chi connectivity index (χ1n) is 4.25. The Balaban J connectivity index is 2.47. The lowest BCUT2D eigenvalue weighted by Gasteiger charge is -2.12. The molecule has 14 heavy (non-hydrogen) atoms. The molecule has 1 atom stereocenters. The van der Waals surface area contributed by atoms with Crippen LogP contribution in [0.25, 0.3) is 0 Å².